The number of aromatic nitrogens is 3. The van der Waals surface area contributed by atoms with E-state index in [0.29, 0.717) is 31.8 Å². The zero-order valence-electron chi connectivity index (χ0n) is 11.8. The number of hydrogen-bond acceptors (Lipinski definition) is 5. The molecule has 0 unspecified atom stereocenters. The summed E-state index contributed by atoms with van der Waals surface area (Å²) in [5.74, 6) is -0.321. The van der Waals surface area contributed by atoms with Gasteiger partial charge in [0.25, 0.3) is 0 Å². The second-order valence-electron chi connectivity index (χ2n) is 4.62. The average Bonchev–Trinajstić information content (AvgIpc) is 2.83. The number of benzene rings is 1. The molecule has 3 N–H and O–H groups in total. The minimum atomic E-state index is -1.09. The molecular weight excluding hydrogens is 272 g/mol. The van der Waals surface area contributed by atoms with Gasteiger partial charge in [-0.2, -0.15) is 0 Å². The molecule has 0 amide bonds. The van der Waals surface area contributed by atoms with E-state index < -0.39 is 5.97 Å². The number of hydrogen-bond donors (Lipinski definition) is 2. The molecule has 0 aliphatic rings. The van der Waals surface area contributed by atoms with Gasteiger partial charge in [0.15, 0.2) is 5.69 Å². The molecule has 1 aromatic heterocycles. The van der Waals surface area contributed by atoms with Gasteiger partial charge < -0.3 is 15.6 Å². The molecule has 0 fully saturated rings. The standard InChI is InChI=1S/C14H18N4O3/c1-10-3-2-4-11(9-10)21-8-7-18-12(5-6-15)13(14(19)20)16-17-18/h2-4,9H,5-8,15H2,1H3,(H,19,20). The maximum atomic E-state index is 11.1. The van der Waals surface area contributed by atoms with E-state index in [2.05, 4.69) is 10.3 Å². The van der Waals surface area contributed by atoms with Crippen LogP contribution in [0.1, 0.15) is 21.7 Å². The van der Waals surface area contributed by atoms with Crippen molar-refractivity contribution >= 4 is 5.97 Å². The van der Waals surface area contributed by atoms with E-state index in [9.17, 15) is 4.79 Å². The SMILES string of the molecule is Cc1cccc(OCCn2nnc(C(=O)O)c2CCN)c1. The van der Waals surface area contributed by atoms with Crippen molar-refractivity contribution < 1.29 is 14.6 Å². The molecule has 21 heavy (non-hydrogen) atoms. The summed E-state index contributed by atoms with van der Waals surface area (Å²) >= 11 is 0. The first-order valence-corrected chi connectivity index (χ1v) is 6.67. The highest BCUT2D eigenvalue weighted by Gasteiger charge is 2.17. The minimum Gasteiger partial charge on any atom is -0.492 e. The van der Waals surface area contributed by atoms with Crippen LogP contribution in [0.2, 0.25) is 0 Å². The summed E-state index contributed by atoms with van der Waals surface area (Å²) in [5.41, 5.74) is 7.10. The van der Waals surface area contributed by atoms with Crippen LogP contribution < -0.4 is 10.5 Å². The number of ether oxygens (including phenoxy) is 1. The van der Waals surface area contributed by atoms with Gasteiger partial charge >= 0.3 is 5.97 Å². The fourth-order valence-electron chi connectivity index (χ4n) is 2.02. The van der Waals surface area contributed by atoms with E-state index in [1.54, 1.807) is 0 Å². The third kappa shape index (κ3) is 3.79. The molecule has 0 bridgehead atoms. The van der Waals surface area contributed by atoms with E-state index in [0.717, 1.165) is 11.3 Å². The number of rotatable bonds is 7. The lowest BCUT2D eigenvalue weighted by molar-refractivity contribution is 0.0689. The Kier molecular flexibility index (Phi) is 4.89. The summed E-state index contributed by atoms with van der Waals surface area (Å²) in [6, 6.07) is 7.72. The second-order valence-corrected chi connectivity index (χ2v) is 4.62. The molecule has 112 valence electrons. The van der Waals surface area contributed by atoms with Crippen LogP contribution in [0.3, 0.4) is 0 Å². The maximum Gasteiger partial charge on any atom is 0.358 e. The topological polar surface area (TPSA) is 103 Å². The first-order chi connectivity index (χ1) is 10.1. The lowest BCUT2D eigenvalue weighted by Crippen LogP contribution is -2.16. The van der Waals surface area contributed by atoms with Crippen LogP contribution >= 0.6 is 0 Å². The van der Waals surface area contributed by atoms with Gasteiger partial charge in [-0.1, -0.05) is 17.3 Å². The van der Waals surface area contributed by atoms with Crippen molar-refractivity contribution in [1.29, 1.82) is 0 Å². The van der Waals surface area contributed by atoms with Crippen molar-refractivity contribution in [2.24, 2.45) is 5.73 Å². The first kappa shape index (κ1) is 15.0. The maximum absolute atomic E-state index is 11.1. The van der Waals surface area contributed by atoms with E-state index in [-0.39, 0.29) is 5.69 Å². The molecule has 1 aromatic carbocycles. The van der Waals surface area contributed by atoms with Crippen molar-refractivity contribution in [3.8, 4) is 5.75 Å². The van der Waals surface area contributed by atoms with Gasteiger partial charge in [-0.3, -0.25) is 0 Å². The second kappa shape index (κ2) is 6.85. The van der Waals surface area contributed by atoms with Crippen molar-refractivity contribution in [2.75, 3.05) is 13.2 Å². The predicted molar refractivity (Wildman–Crippen MR) is 76.4 cm³/mol. The summed E-state index contributed by atoms with van der Waals surface area (Å²) in [7, 11) is 0. The minimum absolute atomic E-state index is 0.0454. The summed E-state index contributed by atoms with van der Waals surface area (Å²) in [6.07, 6.45) is 0.416. The first-order valence-electron chi connectivity index (χ1n) is 6.67. The molecule has 0 aliphatic carbocycles. The quantitative estimate of drug-likeness (QED) is 0.784. The summed E-state index contributed by atoms with van der Waals surface area (Å²) in [6.45, 7) is 3.13. The molecule has 7 heteroatoms. The molecule has 2 rings (SSSR count). The molecular formula is C14H18N4O3. The summed E-state index contributed by atoms with van der Waals surface area (Å²) < 4.78 is 7.16. The molecule has 0 radical (unpaired) electrons. The molecule has 0 spiro atoms. The third-order valence-electron chi connectivity index (χ3n) is 2.98. The average molecular weight is 290 g/mol. The van der Waals surface area contributed by atoms with Crippen molar-refractivity contribution in [3.63, 3.8) is 0 Å². The highest BCUT2D eigenvalue weighted by atomic mass is 16.5. The number of aromatic carboxylic acids is 1. The van der Waals surface area contributed by atoms with Gasteiger partial charge in [0, 0.05) is 6.42 Å². The lowest BCUT2D eigenvalue weighted by Gasteiger charge is -2.09. The summed E-state index contributed by atoms with van der Waals surface area (Å²) in [4.78, 5) is 11.1. The van der Waals surface area contributed by atoms with Crippen LogP contribution in [0.5, 0.6) is 5.75 Å². The molecule has 0 saturated carbocycles. The molecule has 0 saturated heterocycles. The number of aryl methyl sites for hydroxylation is 1. The zero-order valence-corrected chi connectivity index (χ0v) is 11.8. The predicted octanol–water partition coefficient (Wildman–Crippen LogP) is 0.865. The van der Waals surface area contributed by atoms with E-state index in [4.69, 9.17) is 15.6 Å². The number of carboxylic acids is 1. The number of nitrogens with zero attached hydrogens (tertiary/aromatic N) is 3. The van der Waals surface area contributed by atoms with Crippen LogP contribution in [0.25, 0.3) is 0 Å². The van der Waals surface area contributed by atoms with E-state index >= 15 is 0 Å². The van der Waals surface area contributed by atoms with Gasteiger partial charge in [0.1, 0.15) is 12.4 Å². The van der Waals surface area contributed by atoms with Gasteiger partial charge in [-0.15, -0.1) is 5.10 Å². The smallest absolute Gasteiger partial charge is 0.358 e. The normalized spacial score (nSPS) is 10.6. The third-order valence-corrected chi connectivity index (χ3v) is 2.98. The van der Waals surface area contributed by atoms with Gasteiger partial charge in [-0.25, -0.2) is 9.48 Å². The Hall–Kier alpha value is -2.41. The highest BCUT2D eigenvalue weighted by molar-refractivity contribution is 5.86. The van der Waals surface area contributed by atoms with Crippen LogP contribution in [-0.4, -0.2) is 39.2 Å². The lowest BCUT2D eigenvalue weighted by atomic mass is 10.2. The Bertz CT molecular complexity index is 624. The van der Waals surface area contributed by atoms with Crippen molar-refractivity contribution in [3.05, 3.63) is 41.2 Å². The van der Waals surface area contributed by atoms with Crippen LogP contribution in [0, 0.1) is 6.92 Å². The van der Waals surface area contributed by atoms with Crippen LogP contribution in [-0.2, 0) is 13.0 Å². The molecule has 1 heterocycles. The van der Waals surface area contributed by atoms with Crippen molar-refractivity contribution in [1.82, 2.24) is 15.0 Å². The van der Waals surface area contributed by atoms with E-state index in [1.165, 1.54) is 4.68 Å². The molecule has 2 aromatic rings. The number of nitrogens with two attached hydrogens (primary N) is 1. The Morgan fingerprint density at radius 2 is 2.29 bits per heavy atom. The molecule has 7 nitrogen and oxygen atoms in total. The Balaban J connectivity index is 2.01. The Labute approximate surface area is 122 Å². The van der Waals surface area contributed by atoms with Crippen molar-refractivity contribution in [2.45, 2.75) is 19.9 Å². The molecule has 0 aliphatic heterocycles. The van der Waals surface area contributed by atoms with Gasteiger partial charge in [-0.05, 0) is 31.2 Å². The zero-order chi connectivity index (χ0) is 15.2. The Morgan fingerprint density at radius 1 is 1.48 bits per heavy atom. The Morgan fingerprint density at radius 3 is 2.95 bits per heavy atom. The van der Waals surface area contributed by atoms with Gasteiger partial charge in [0.2, 0.25) is 0 Å². The van der Waals surface area contributed by atoms with Crippen LogP contribution in [0.15, 0.2) is 24.3 Å². The van der Waals surface area contributed by atoms with E-state index in [1.807, 2.05) is 31.2 Å². The van der Waals surface area contributed by atoms with Crippen LogP contribution in [0.4, 0.5) is 0 Å². The fourth-order valence-corrected chi connectivity index (χ4v) is 2.02. The van der Waals surface area contributed by atoms with Gasteiger partial charge in [0.05, 0.1) is 12.2 Å². The monoisotopic (exact) mass is 290 g/mol. The largest absolute Gasteiger partial charge is 0.492 e. The number of carbonyl (C=O) groups is 1. The summed E-state index contributed by atoms with van der Waals surface area (Å²) in [5, 5.41) is 16.6. The fraction of sp³-hybridized carbons (Fsp3) is 0.357. The number of carboxylic acid groups (broad SMARTS) is 1. The molecule has 0 atom stereocenters. The highest BCUT2D eigenvalue weighted by Crippen LogP contribution is 2.12.